The molecule has 0 saturated carbocycles. The summed E-state index contributed by atoms with van der Waals surface area (Å²) in [7, 11) is 1.35. The van der Waals surface area contributed by atoms with Crippen molar-refractivity contribution < 1.29 is 14.6 Å². The third-order valence-electron chi connectivity index (χ3n) is 3.53. The van der Waals surface area contributed by atoms with Gasteiger partial charge in [0.25, 0.3) is 0 Å². The minimum Gasteiger partial charge on any atom is -0.453 e. The molecule has 1 aliphatic rings. The first kappa shape index (κ1) is 14.6. The maximum absolute atomic E-state index is 11.1. The molecule has 0 aliphatic carbocycles. The minimum atomic E-state index is -0.549. The van der Waals surface area contributed by atoms with Gasteiger partial charge in [-0.2, -0.15) is 0 Å². The van der Waals surface area contributed by atoms with Crippen molar-refractivity contribution in [1.29, 1.82) is 0 Å². The van der Waals surface area contributed by atoms with Gasteiger partial charge < -0.3 is 20.9 Å². The highest BCUT2D eigenvalue weighted by molar-refractivity contribution is 5.67. The van der Waals surface area contributed by atoms with Gasteiger partial charge in [0.1, 0.15) is 0 Å². The first-order chi connectivity index (χ1) is 9.58. The van der Waals surface area contributed by atoms with Crippen LogP contribution in [0.4, 0.5) is 10.5 Å². The Hall–Kier alpha value is -1.79. The lowest BCUT2D eigenvalue weighted by Gasteiger charge is -2.20. The second kappa shape index (κ2) is 6.58. The maximum atomic E-state index is 11.1. The molecule has 1 aromatic rings. The highest BCUT2D eigenvalue weighted by Crippen LogP contribution is 2.18. The Morgan fingerprint density at radius 1 is 1.55 bits per heavy atom. The van der Waals surface area contributed by atoms with Gasteiger partial charge in [-0.25, -0.2) is 4.79 Å². The number of hydrogen-bond acceptors (Lipinski definition) is 5. The Morgan fingerprint density at radius 2 is 2.25 bits per heavy atom. The second-order valence-corrected chi connectivity index (χ2v) is 5.06. The van der Waals surface area contributed by atoms with Crippen molar-refractivity contribution in [2.45, 2.75) is 18.6 Å². The van der Waals surface area contributed by atoms with Gasteiger partial charge in [0, 0.05) is 31.4 Å². The van der Waals surface area contributed by atoms with E-state index in [0.717, 1.165) is 25.1 Å². The number of likely N-dealkylation sites (tertiary alicyclic amines) is 1. The largest absolute Gasteiger partial charge is 0.453 e. The van der Waals surface area contributed by atoms with Crippen molar-refractivity contribution in [3.05, 3.63) is 29.8 Å². The summed E-state index contributed by atoms with van der Waals surface area (Å²) in [5.74, 6) is 0. The summed E-state index contributed by atoms with van der Waals surface area (Å²) < 4.78 is 4.58. The monoisotopic (exact) mass is 279 g/mol. The lowest BCUT2D eigenvalue weighted by molar-refractivity contribution is 0.124. The normalized spacial score (nSPS) is 20.6. The zero-order chi connectivity index (χ0) is 14.5. The Balaban J connectivity index is 1.82. The fourth-order valence-corrected chi connectivity index (χ4v) is 2.41. The lowest BCUT2D eigenvalue weighted by atomic mass is 10.1. The molecule has 2 atom stereocenters. The highest BCUT2D eigenvalue weighted by Gasteiger charge is 2.25. The molecule has 0 aromatic heterocycles. The number of methoxy groups -OCH3 is 1. The van der Waals surface area contributed by atoms with Crippen LogP contribution in [0.2, 0.25) is 0 Å². The molecule has 0 bridgehead atoms. The molecule has 1 saturated heterocycles. The van der Waals surface area contributed by atoms with Gasteiger partial charge >= 0.3 is 6.09 Å². The Bertz CT molecular complexity index is 449. The summed E-state index contributed by atoms with van der Waals surface area (Å²) >= 11 is 0. The van der Waals surface area contributed by atoms with E-state index in [9.17, 15) is 9.90 Å². The number of benzene rings is 1. The molecule has 20 heavy (non-hydrogen) atoms. The molecule has 1 aliphatic heterocycles. The topological polar surface area (TPSA) is 87.8 Å². The van der Waals surface area contributed by atoms with Gasteiger partial charge in [-0.1, -0.05) is 12.1 Å². The lowest BCUT2D eigenvalue weighted by Crippen LogP contribution is -2.37. The number of alkyl carbamates (subject to hydrolysis) is 1. The summed E-state index contributed by atoms with van der Waals surface area (Å²) in [6.07, 6.45) is -0.0905. The molecular formula is C14H21N3O3. The van der Waals surface area contributed by atoms with Crippen molar-refractivity contribution in [2.75, 3.05) is 32.5 Å². The van der Waals surface area contributed by atoms with Crippen molar-refractivity contribution in [2.24, 2.45) is 0 Å². The predicted octanol–water partition coefficient (Wildman–Crippen LogP) is 0.732. The van der Waals surface area contributed by atoms with Crippen molar-refractivity contribution in [1.82, 2.24) is 10.2 Å². The zero-order valence-corrected chi connectivity index (χ0v) is 11.6. The van der Waals surface area contributed by atoms with E-state index < -0.39 is 12.2 Å². The molecule has 1 amide bonds. The summed E-state index contributed by atoms with van der Waals surface area (Å²) in [4.78, 5) is 13.3. The molecular weight excluding hydrogens is 258 g/mol. The van der Waals surface area contributed by atoms with Crippen LogP contribution in [-0.2, 0) is 4.74 Å². The van der Waals surface area contributed by atoms with Gasteiger partial charge in [0.05, 0.1) is 13.2 Å². The molecule has 2 rings (SSSR count). The van der Waals surface area contributed by atoms with Crippen LogP contribution in [0, 0.1) is 0 Å². The molecule has 1 heterocycles. The van der Waals surface area contributed by atoms with E-state index in [1.807, 2.05) is 12.1 Å². The molecule has 6 heteroatoms. The molecule has 0 radical (unpaired) electrons. The van der Waals surface area contributed by atoms with E-state index in [4.69, 9.17) is 5.73 Å². The van der Waals surface area contributed by atoms with Gasteiger partial charge in [0.2, 0.25) is 0 Å². The predicted molar refractivity (Wildman–Crippen MR) is 76.2 cm³/mol. The van der Waals surface area contributed by atoms with Crippen LogP contribution in [0.1, 0.15) is 18.1 Å². The van der Waals surface area contributed by atoms with Crippen LogP contribution in [0.25, 0.3) is 0 Å². The fraction of sp³-hybridized carbons (Fsp3) is 0.500. The minimum absolute atomic E-state index is 0.0843. The van der Waals surface area contributed by atoms with E-state index in [2.05, 4.69) is 15.0 Å². The van der Waals surface area contributed by atoms with Crippen LogP contribution in [0.3, 0.4) is 0 Å². The number of rotatable bonds is 4. The molecule has 110 valence electrons. The molecule has 4 N–H and O–H groups in total. The van der Waals surface area contributed by atoms with Gasteiger partial charge in [-0.05, 0) is 24.1 Å². The standard InChI is InChI=1S/C14H21N3O3/c1-20-14(19)16-12-6-7-17(8-12)9-13(18)10-2-4-11(15)5-3-10/h2-5,12-13,18H,6-9,15H2,1H3,(H,16,19). The smallest absolute Gasteiger partial charge is 0.407 e. The SMILES string of the molecule is COC(=O)NC1CCN(CC(O)c2ccc(N)cc2)C1. The Kier molecular flexibility index (Phi) is 4.81. The average molecular weight is 279 g/mol. The van der Waals surface area contributed by atoms with Crippen LogP contribution in [0.5, 0.6) is 0 Å². The van der Waals surface area contributed by atoms with Gasteiger partial charge in [-0.15, -0.1) is 0 Å². The van der Waals surface area contributed by atoms with E-state index in [1.165, 1.54) is 7.11 Å². The first-order valence-electron chi connectivity index (χ1n) is 6.69. The Morgan fingerprint density at radius 3 is 2.90 bits per heavy atom. The Labute approximate surface area is 118 Å². The number of carbonyl (C=O) groups excluding carboxylic acids is 1. The van der Waals surface area contributed by atoms with Gasteiger partial charge in [-0.3, -0.25) is 4.90 Å². The number of nitrogens with two attached hydrogens (primary N) is 1. The van der Waals surface area contributed by atoms with Gasteiger partial charge in [0.15, 0.2) is 0 Å². The number of hydrogen-bond donors (Lipinski definition) is 3. The number of amides is 1. The van der Waals surface area contributed by atoms with E-state index in [1.54, 1.807) is 12.1 Å². The number of nitrogens with zero attached hydrogens (tertiary/aromatic N) is 1. The van der Waals surface area contributed by atoms with E-state index in [-0.39, 0.29) is 6.04 Å². The van der Waals surface area contributed by atoms with Crippen molar-refractivity contribution in [3.8, 4) is 0 Å². The number of aliphatic hydroxyl groups excluding tert-OH is 1. The third-order valence-corrected chi connectivity index (χ3v) is 3.53. The first-order valence-corrected chi connectivity index (χ1v) is 6.69. The second-order valence-electron chi connectivity index (χ2n) is 5.06. The molecule has 2 unspecified atom stereocenters. The summed E-state index contributed by atoms with van der Waals surface area (Å²) in [5, 5.41) is 13.0. The number of nitrogen functional groups attached to an aromatic ring is 1. The highest BCUT2D eigenvalue weighted by atomic mass is 16.5. The molecule has 1 aromatic carbocycles. The third kappa shape index (κ3) is 3.85. The summed E-state index contributed by atoms with van der Waals surface area (Å²) in [5.41, 5.74) is 7.16. The number of β-amino-alcohol motifs (C(OH)–C–C–N with tert-alkyl or cyclic N) is 1. The van der Waals surface area contributed by atoms with E-state index in [0.29, 0.717) is 12.2 Å². The summed E-state index contributed by atoms with van der Waals surface area (Å²) in [6.45, 7) is 2.12. The number of carbonyl (C=O) groups is 1. The van der Waals surface area contributed by atoms with Crippen molar-refractivity contribution >= 4 is 11.8 Å². The number of nitrogens with one attached hydrogen (secondary N) is 1. The average Bonchev–Trinajstić information content (AvgIpc) is 2.86. The summed E-state index contributed by atoms with van der Waals surface area (Å²) in [6, 6.07) is 7.32. The number of aliphatic hydroxyl groups is 1. The van der Waals surface area contributed by atoms with Crippen LogP contribution < -0.4 is 11.1 Å². The van der Waals surface area contributed by atoms with Crippen LogP contribution in [-0.4, -0.2) is 48.9 Å². The van der Waals surface area contributed by atoms with Crippen molar-refractivity contribution in [3.63, 3.8) is 0 Å². The number of ether oxygens (including phenoxy) is 1. The van der Waals surface area contributed by atoms with Crippen LogP contribution in [0.15, 0.2) is 24.3 Å². The number of anilines is 1. The molecule has 0 spiro atoms. The fourth-order valence-electron chi connectivity index (χ4n) is 2.41. The van der Waals surface area contributed by atoms with E-state index >= 15 is 0 Å². The molecule has 6 nitrogen and oxygen atoms in total. The maximum Gasteiger partial charge on any atom is 0.407 e. The van der Waals surface area contributed by atoms with Crippen LogP contribution >= 0.6 is 0 Å². The quantitative estimate of drug-likeness (QED) is 0.707. The molecule has 1 fully saturated rings. The zero-order valence-electron chi connectivity index (χ0n) is 11.6.